The summed E-state index contributed by atoms with van der Waals surface area (Å²) < 4.78 is 51.4. The summed E-state index contributed by atoms with van der Waals surface area (Å²) in [6, 6.07) is 2.31. The van der Waals surface area contributed by atoms with Crippen molar-refractivity contribution in [1.29, 1.82) is 0 Å². The van der Waals surface area contributed by atoms with Crippen LogP contribution >= 0.6 is 0 Å². The lowest BCUT2D eigenvalue weighted by Gasteiger charge is -2.16. The molecular weight excluding hydrogens is 349 g/mol. The van der Waals surface area contributed by atoms with E-state index < -0.39 is 29.0 Å². The number of rotatable bonds is 5. The van der Waals surface area contributed by atoms with E-state index >= 15 is 0 Å². The summed E-state index contributed by atoms with van der Waals surface area (Å²) in [5, 5.41) is 2.07. The Hall–Kier alpha value is -2.77. The van der Waals surface area contributed by atoms with Gasteiger partial charge in [-0.3, -0.25) is 4.79 Å². The largest absolute Gasteiger partial charge is 0.491 e. The van der Waals surface area contributed by atoms with Crippen molar-refractivity contribution in [3.63, 3.8) is 0 Å². The van der Waals surface area contributed by atoms with Crippen LogP contribution in [-0.2, 0) is 0 Å². The van der Waals surface area contributed by atoms with Crippen molar-refractivity contribution in [2.24, 2.45) is 0 Å². The number of carbonyl (C=O) groups is 1. The van der Waals surface area contributed by atoms with E-state index in [0.717, 1.165) is 25.7 Å². The molecule has 3 rings (SSSR count). The summed E-state index contributed by atoms with van der Waals surface area (Å²) in [6.45, 7) is 0. The van der Waals surface area contributed by atoms with Gasteiger partial charge in [-0.25, -0.2) is 18.2 Å². The van der Waals surface area contributed by atoms with Crippen LogP contribution in [0.1, 0.15) is 36.2 Å². The lowest BCUT2D eigenvalue weighted by molar-refractivity contribution is 0.102. The van der Waals surface area contributed by atoms with Gasteiger partial charge in [0.2, 0.25) is 0 Å². The fourth-order valence-electron chi connectivity index (χ4n) is 2.82. The Balaban J connectivity index is 1.83. The zero-order valence-corrected chi connectivity index (χ0v) is 14.0. The van der Waals surface area contributed by atoms with E-state index in [4.69, 9.17) is 9.47 Å². The molecule has 0 saturated heterocycles. The molecule has 1 fully saturated rings. The molecule has 0 unspecified atom stereocenters. The number of ether oxygens (including phenoxy) is 2. The van der Waals surface area contributed by atoms with Crippen molar-refractivity contribution in [3.8, 4) is 11.5 Å². The molecule has 26 heavy (non-hydrogen) atoms. The highest BCUT2D eigenvalue weighted by Gasteiger charge is 2.21. The van der Waals surface area contributed by atoms with Gasteiger partial charge in [-0.05, 0) is 25.7 Å². The van der Waals surface area contributed by atoms with Crippen LogP contribution in [0, 0.1) is 17.5 Å². The van der Waals surface area contributed by atoms with E-state index in [-0.39, 0.29) is 11.8 Å². The van der Waals surface area contributed by atoms with Gasteiger partial charge in [0.25, 0.3) is 5.91 Å². The minimum atomic E-state index is -1.22. The Kier molecular flexibility index (Phi) is 5.29. The highest BCUT2D eigenvalue weighted by molar-refractivity contribution is 6.03. The smallest absolute Gasteiger partial charge is 0.274 e. The molecule has 0 aliphatic heterocycles. The molecule has 0 radical (unpaired) electrons. The SMILES string of the molecule is COc1cnc(C(=O)Nc2c(F)cc(F)cc2F)cc1OC1CCCC1. The van der Waals surface area contributed by atoms with Crippen molar-refractivity contribution in [2.45, 2.75) is 31.8 Å². The molecule has 1 heterocycles. The van der Waals surface area contributed by atoms with Crippen LogP contribution in [0.5, 0.6) is 11.5 Å². The van der Waals surface area contributed by atoms with Crippen molar-refractivity contribution < 1.29 is 27.4 Å². The number of hydrogen-bond acceptors (Lipinski definition) is 4. The molecule has 0 spiro atoms. The number of nitrogens with zero attached hydrogens (tertiary/aromatic N) is 1. The molecule has 1 amide bonds. The zero-order valence-electron chi connectivity index (χ0n) is 14.0. The molecule has 2 aromatic rings. The van der Waals surface area contributed by atoms with Gasteiger partial charge >= 0.3 is 0 Å². The molecule has 1 N–H and O–H groups in total. The lowest BCUT2D eigenvalue weighted by Crippen LogP contribution is -2.17. The summed E-state index contributed by atoms with van der Waals surface area (Å²) >= 11 is 0. The average molecular weight is 366 g/mol. The lowest BCUT2D eigenvalue weighted by atomic mass is 10.2. The summed E-state index contributed by atoms with van der Waals surface area (Å²) in [5.41, 5.74) is -0.853. The molecule has 1 aromatic carbocycles. The normalized spacial score (nSPS) is 14.3. The standard InChI is InChI=1S/C18H17F3N2O3/c1-25-16-9-22-14(8-15(16)26-11-4-2-3-5-11)18(24)23-17-12(20)6-10(19)7-13(17)21/h6-9,11H,2-5H2,1H3,(H,23,24). The van der Waals surface area contributed by atoms with Gasteiger partial charge in [0, 0.05) is 18.2 Å². The second-order valence-corrected chi connectivity index (χ2v) is 5.94. The van der Waals surface area contributed by atoms with Crippen molar-refractivity contribution >= 4 is 11.6 Å². The summed E-state index contributed by atoms with van der Waals surface area (Å²) in [6.07, 6.45) is 5.26. The van der Waals surface area contributed by atoms with Gasteiger partial charge in [-0.1, -0.05) is 0 Å². The van der Waals surface area contributed by atoms with Crippen LogP contribution < -0.4 is 14.8 Å². The van der Waals surface area contributed by atoms with E-state index in [1.807, 2.05) is 0 Å². The maximum atomic E-state index is 13.7. The Bertz CT molecular complexity index is 800. The second-order valence-electron chi connectivity index (χ2n) is 5.94. The van der Waals surface area contributed by atoms with Gasteiger partial charge in [0.05, 0.1) is 19.4 Å². The first-order valence-corrected chi connectivity index (χ1v) is 8.14. The summed E-state index contributed by atoms with van der Waals surface area (Å²) in [4.78, 5) is 16.2. The minimum absolute atomic E-state index is 0.0224. The molecular formula is C18H17F3N2O3. The molecule has 1 saturated carbocycles. The predicted octanol–water partition coefficient (Wildman–Crippen LogP) is 4.08. The third-order valence-electron chi connectivity index (χ3n) is 4.13. The van der Waals surface area contributed by atoms with Crippen LogP contribution in [0.15, 0.2) is 24.4 Å². The first kappa shape index (κ1) is 18.0. The van der Waals surface area contributed by atoms with Gasteiger partial charge in [0.1, 0.15) is 17.2 Å². The van der Waals surface area contributed by atoms with Gasteiger partial charge in [-0.2, -0.15) is 0 Å². The maximum absolute atomic E-state index is 13.7. The van der Waals surface area contributed by atoms with Gasteiger partial charge < -0.3 is 14.8 Å². The van der Waals surface area contributed by atoms with E-state index in [0.29, 0.717) is 23.6 Å². The zero-order chi connectivity index (χ0) is 18.7. The highest BCUT2D eigenvalue weighted by atomic mass is 19.1. The average Bonchev–Trinajstić information content (AvgIpc) is 3.11. The number of nitrogens with one attached hydrogen (secondary N) is 1. The number of halogens is 3. The Morgan fingerprint density at radius 3 is 2.38 bits per heavy atom. The first-order valence-electron chi connectivity index (χ1n) is 8.14. The van der Waals surface area contributed by atoms with Gasteiger partial charge in [-0.15, -0.1) is 0 Å². The monoisotopic (exact) mass is 366 g/mol. The fourth-order valence-corrected chi connectivity index (χ4v) is 2.82. The number of aromatic nitrogens is 1. The third-order valence-corrected chi connectivity index (χ3v) is 4.13. The highest BCUT2D eigenvalue weighted by Crippen LogP contribution is 2.31. The molecule has 0 bridgehead atoms. The van der Waals surface area contributed by atoms with Crippen molar-refractivity contribution in [1.82, 2.24) is 4.98 Å². The summed E-state index contributed by atoms with van der Waals surface area (Å²) in [7, 11) is 1.45. The molecule has 138 valence electrons. The molecule has 1 aromatic heterocycles. The van der Waals surface area contributed by atoms with Crippen LogP contribution in [0.2, 0.25) is 0 Å². The van der Waals surface area contributed by atoms with Gasteiger partial charge in [0.15, 0.2) is 23.1 Å². The van der Waals surface area contributed by atoms with E-state index in [1.54, 1.807) is 0 Å². The van der Waals surface area contributed by atoms with Crippen molar-refractivity contribution in [3.05, 3.63) is 47.5 Å². The first-order chi connectivity index (χ1) is 12.5. The summed E-state index contributed by atoms with van der Waals surface area (Å²) in [5.74, 6) is -3.67. The number of anilines is 1. The number of carbonyl (C=O) groups excluding carboxylic acids is 1. The van der Waals surface area contributed by atoms with E-state index in [9.17, 15) is 18.0 Å². The molecule has 5 nitrogen and oxygen atoms in total. The quantitative estimate of drug-likeness (QED) is 0.866. The molecule has 0 atom stereocenters. The van der Waals surface area contributed by atoms with Crippen LogP contribution in [0.4, 0.5) is 18.9 Å². The fraction of sp³-hybridized carbons (Fsp3) is 0.333. The Labute approximate surface area is 148 Å². The molecule has 8 heteroatoms. The number of methoxy groups -OCH3 is 1. The van der Waals surface area contributed by atoms with Crippen LogP contribution in [-0.4, -0.2) is 24.1 Å². The Morgan fingerprint density at radius 2 is 1.77 bits per heavy atom. The predicted molar refractivity (Wildman–Crippen MR) is 87.9 cm³/mol. The number of amides is 1. The number of hydrogen-bond donors (Lipinski definition) is 1. The van der Waals surface area contributed by atoms with E-state index in [1.165, 1.54) is 19.4 Å². The number of pyridine rings is 1. The third kappa shape index (κ3) is 3.89. The number of benzene rings is 1. The maximum Gasteiger partial charge on any atom is 0.274 e. The second kappa shape index (κ2) is 7.63. The molecule has 1 aliphatic carbocycles. The topological polar surface area (TPSA) is 60.5 Å². The van der Waals surface area contributed by atoms with E-state index in [2.05, 4.69) is 10.3 Å². The van der Waals surface area contributed by atoms with Crippen molar-refractivity contribution in [2.75, 3.05) is 12.4 Å². The Morgan fingerprint density at radius 1 is 1.12 bits per heavy atom. The van der Waals surface area contributed by atoms with Crippen LogP contribution in [0.3, 0.4) is 0 Å². The van der Waals surface area contributed by atoms with Crippen LogP contribution in [0.25, 0.3) is 0 Å². The minimum Gasteiger partial charge on any atom is -0.491 e. The molecule has 1 aliphatic rings.